The molecule has 4 rings (SSSR count). The zero-order chi connectivity index (χ0) is 20.4. The lowest BCUT2D eigenvalue weighted by Crippen LogP contribution is -2.26. The van der Waals surface area contributed by atoms with Gasteiger partial charge in [0.05, 0.1) is 6.61 Å². The summed E-state index contributed by atoms with van der Waals surface area (Å²) in [6.45, 7) is 5.59. The fourth-order valence-electron chi connectivity index (χ4n) is 3.92. The number of carbonyl (C=O) groups is 2. The van der Waals surface area contributed by atoms with Crippen LogP contribution in [0.15, 0.2) is 36.4 Å². The average Bonchev–Trinajstić information content (AvgIpc) is 3.30. The third kappa shape index (κ3) is 4.06. The quantitative estimate of drug-likeness (QED) is 0.815. The minimum Gasteiger partial charge on any atom is -0.494 e. The second-order valence-electron chi connectivity index (χ2n) is 7.52. The number of amides is 2. The largest absolute Gasteiger partial charge is 0.494 e. The summed E-state index contributed by atoms with van der Waals surface area (Å²) in [4.78, 5) is 26.5. The van der Waals surface area contributed by atoms with E-state index in [4.69, 9.17) is 9.47 Å². The van der Waals surface area contributed by atoms with E-state index >= 15 is 0 Å². The van der Waals surface area contributed by atoms with Crippen molar-refractivity contribution in [1.82, 2.24) is 5.32 Å². The number of ether oxygens (including phenoxy) is 2. The molecule has 0 radical (unpaired) electrons. The van der Waals surface area contributed by atoms with Gasteiger partial charge in [0, 0.05) is 48.3 Å². The predicted octanol–water partition coefficient (Wildman–Crippen LogP) is 3.47. The molecule has 0 spiro atoms. The first-order chi connectivity index (χ1) is 14.0. The molecule has 2 aliphatic heterocycles. The number of hydrogen-bond acceptors (Lipinski definition) is 4. The SMILES string of the molecule is CCOc1cc2c(cc1CNC(=O)c1cccc(N3CCCC3=O)c1)O[C@@H](C)C2. The van der Waals surface area contributed by atoms with Crippen LogP contribution in [0.3, 0.4) is 0 Å². The average molecular weight is 394 g/mol. The van der Waals surface area contributed by atoms with Gasteiger partial charge in [-0.25, -0.2) is 0 Å². The van der Waals surface area contributed by atoms with Gasteiger partial charge < -0.3 is 19.7 Å². The van der Waals surface area contributed by atoms with Crippen LogP contribution < -0.4 is 19.7 Å². The molecule has 2 aromatic rings. The molecule has 1 N–H and O–H groups in total. The second-order valence-corrected chi connectivity index (χ2v) is 7.52. The summed E-state index contributed by atoms with van der Waals surface area (Å²) < 4.78 is 11.6. The van der Waals surface area contributed by atoms with Crippen molar-refractivity contribution in [1.29, 1.82) is 0 Å². The number of benzene rings is 2. The van der Waals surface area contributed by atoms with Crippen LogP contribution in [-0.2, 0) is 17.8 Å². The van der Waals surface area contributed by atoms with Crippen molar-refractivity contribution in [2.45, 2.75) is 45.8 Å². The molecule has 2 amide bonds. The fourth-order valence-corrected chi connectivity index (χ4v) is 3.92. The summed E-state index contributed by atoms with van der Waals surface area (Å²) in [6.07, 6.45) is 2.44. The van der Waals surface area contributed by atoms with Crippen LogP contribution in [0.5, 0.6) is 11.5 Å². The van der Waals surface area contributed by atoms with Crippen LogP contribution >= 0.6 is 0 Å². The summed E-state index contributed by atoms with van der Waals surface area (Å²) in [7, 11) is 0. The zero-order valence-electron chi connectivity index (χ0n) is 16.9. The second kappa shape index (κ2) is 8.15. The Labute approximate surface area is 170 Å². The standard InChI is InChI=1S/C23H26N2O4/c1-3-28-20-12-17-10-15(2)29-21(17)13-18(20)14-24-23(27)16-6-4-7-19(11-16)25-9-5-8-22(25)26/h4,6-7,11-13,15H,3,5,8-10,14H2,1-2H3,(H,24,27)/t15-/m0/s1. The smallest absolute Gasteiger partial charge is 0.251 e. The molecular weight excluding hydrogens is 368 g/mol. The molecule has 6 nitrogen and oxygen atoms in total. The van der Waals surface area contributed by atoms with E-state index in [0.717, 1.165) is 41.2 Å². The number of rotatable bonds is 6. The lowest BCUT2D eigenvalue weighted by molar-refractivity contribution is -0.117. The molecule has 1 saturated heterocycles. The number of hydrogen-bond donors (Lipinski definition) is 1. The molecule has 2 aliphatic rings. The van der Waals surface area contributed by atoms with Gasteiger partial charge in [0.15, 0.2) is 0 Å². The molecule has 0 aliphatic carbocycles. The molecule has 152 valence electrons. The molecule has 0 saturated carbocycles. The number of anilines is 1. The lowest BCUT2D eigenvalue weighted by atomic mass is 10.1. The maximum absolute atomic E-state index is 12.7. The van der Waals surface area contributed by atoms with Crippen LogP contribution in [0.2, 0.25) is 0 Å². The summed E-state index contributed by atoms with van der Waals surface area (Å²) in [5, 5.41) is 2.97. The number of carbonyl (C=O) groups excluding carboxylic acids is 2. The maximum atomic E-state index is 12.7. The summed E-state index contributed by atoms with van der Waals surface area (Å²) in [5.41, 5.74) is 3.33. The van der Waals surface area contributed by atoms with Crippen molar-refractivity contribution in [3.05, 3.63) is 53.1 Å². The van der Waals surface area contributed by atoms with E-state index in [2.05, 4.69) is 5.32 Å². The van der Waals surface area contributed by atoms with Crippen LogP contribution in [0.1, 0.15) is 48.2 Å². The van der Waals surface area contributed by atoms with Crippen molar-refractivity contribution < 1.29 is 19.1 Å². The Bertz CT molecular complexity index is 940. The molecule has 29 heavy (non-hydrogen) atoms. The normalized spacial score (nSPS) is 17.8. The van der Waals surface area contributed by atoms with Crippen LogP contribution in [0, 0.1) is 0 Å². The van der Waals surface area contributed by atoms with Crippen LogP contribution in [-0.4, -0.2) is 31.1 Å². The summed E-state index contributed by atoms with van der Waals surface area (Å²) in [5.74, 6) is 1.56. The van der Waals surface area contributed by atoms with Gasteiger partial charge in [-0.1, -0.05) is 6.07 Å². The topological polar surface area (TPSA) is 67.9 Å². The minimum atomic E-state index is -0.185. The molecule has 0 unspecified atom stereocenters. The van der Waals surface area contributed by atoms with Gasteiger partial charge in [0.2, 0.25) is 5.91 Å². The van der Waals surface area contributed by atoms with Gasteiger partial charge in [-0.3, -0.25) is 9.59 Å². The lowest BCUT2D eigenvalue weighted by Gasteiger charge is -2.17. The molecule has 0 aromatic heterocycles. The monoisotopic (exact) mass is 394 g/mol. The highest BCUT2D eigenvalue weighted by Crippen LogP contribution is 2.35. The van der Waals surface area contributed by atoms with Gasteiger partial charge in [-0.2, -0.15) is 0 Å². The van der Waals surface area contributed by atoms with Crippen molar-refractivity contribution in [3.63, 3.8) is 0 Å². The number of fused-ring (bicyclic) bond motifs is 1. The van der Waals surface area contributed by atoms with Crippen molar-refractivity contribution >= 4 is 17.5 Å². The van der Waals surface area contributed by atoms with Gasteiger partial charge in [-0.05, 0) is 50.6 Å². The molecule has 2 heterocycles. The molecule has 2 aromatic carbocycles. The van der Waals surface area contributed by atoms with E-state index in [0.29, 0.717) is 31.7 Å². The maximum Gasteiger partial charge on any atom is 0.251 e. The van der Waals surface area contributed by atoms with Gasteiger partial charge >= 0.3 is 0 Å². The van der Waals surface area contributed by atoms with E-state index in [-0.39, 0.29) is 17.9 Å². The van der Waals surface area contributed by atoms with E-state index in [1.54, 1.807) is 17.0 Å². The Hall–Kier alpha value is -3.02. The highest BCUT2D eigenvalue weighted by Gasteiger charge is 2.23. The first-order valence-corrected chi connectivity index (χ1v) is 10.2. The fraction of sp³-hybridized carbons (Fsp3) is 0.391. The zero-order valence-corrected chi connectivity index (χ0v) is 16.9. The van der Waals surface area contributed by atoms with E-state index < -0.39 is 0 Å². The van der Waals surface area contributed by atoms with E-state index in [9.17, 15) is 9.59 Å². The molecule has 0 bridgehead atoms. The molecule has 6 heteroatoms. The molecule has 1 fully saturated rings. The first kappa shape index (κ1) is 19.3. The van der Waals surface area contributed by atoms with Crippen molar-refractivity contribution in [2.75, 3.05) is 18.1 Å². The summed E-state index contributed by atoms with van der Waals surface area (Å²) >= 11 is 0. The minimum absolute atomic E-state index is 0.108. The van der Waals surface area contributed by atoms with Crippen LogP contribution in [0.4, 0.5) is 5.69 Å². The van der Waals surface area contributed by atoms with Crippen molar-refractivity contribution in [3.8, 4) is 11.5 Å². The first-order valence-electron chi connectivity index (χ1n) is 10.2. The Morgan fingerprint density at radius 1 is 1.31 bits per heavy atom. The Balaban J connectivity index is 1.49. The Morgan fingerprint density at radius 3 is 2.93 bits per heavy atom. The highest BCUT2D eigenvalue weighted by molar-refractivity contribution is 5.99. The van der Waals surface area contributed by atoms with E-state index in [1.165, 1.54) is 0 Å². The Kier molecular flexibility index (Phi) is 5.43. The predicted molar refractivity (Wildman–Crippen MR) is 111 cm³/mol. The van der Waals surface area contributed by atoms with E-state index in [1.807, 2.05) is 38.1 Å². The molecular formula is C23H26N2O4. The van der Waals surface area contributed by atoms with Gasteiger partial charge in [0.1, 0.15) is 17.6 Å². The molecule has 1 atom stereocenters. The van der Waals surface area contributed by atoms with Gasteiger partial charge in [-0.15, -0.1) is 0 Å². The number of nitrogens with one attached hydrogen (secondary N) is 1. The number of nitrogens with zero attached hydrogens (tertiary/aromatic N) is 1. The van der Waals surface area contributed by atoms with Crippen LogP contribution in [0.25, 0.3) is 0 Å². The van der Waals surface area contributed by atoms with Crippen molar-refractivity contribution in [2.24, 2.45) is 0 Å². The Morgan fingerprint density at radius 2 is 2.17 bits per heavy atom. The highest BCUT2D eigenvalue weighted by atomic mass is 16.5. The summed E-state index contributed by atoms with van der Waals surface area (Å²) in [6, 6.07) is 11.2. The third-order valence-electron chi connectivity index (χ3n) is 5.31. The third-order valence-corrected chi connectivity index (χ3v) is 5.31. The van der Waals surface area contributed by atoms with Gasteiger partial charge in [0.25, 0.3) is 5.91 Å².